The Balaban J connectivity index is 1.48. The summed E-state index contributed by atoms with van der Waals surface area (Å²) in [5.41, 5.74) is 4.09. The summed E-state index contributed by atoms with van der Waals surface area (Å²) in [4.78, 5) is 17.4. The van der Waals surface area contributed by atoms with Gasteiger partial charge in [0, 0.05) is 17.0 Å². The number of amides is 1. The van der Waals surface area contributed by atoms with Crippen molar-refractivity contribution in [1.82, 2.24) is 14.6 Å². The summed E-state index contributed by atoms with van der Waals surface area (Å²) in [5, 5.41) is 9.15. The van der Waals surface area contributed by atoms with Crippen LogP contribution in [-0.4, -0.2) is 27.6 Å². The quantitative estimate of drug-likeness (QED) is 0.435. The molecule has 0 fully saturated rings. The minimum atomic E-state index is -0.274. The number of aromatic nitrogens is 3. The molecule has 0 saturated heterocycles. The lowest BCUT2D eigenvalue weighted by atomic mass is 10.0. The average Bonchev–Trinajstić information content (AvgIpc) is 3.32. The Hall–Kier alpha value is -3.45. The molecular weight excluding hydrogens is 396 g/mol. The predicted molar refractivity (Wildman–Crippen MR) is 121 cm³/mol. The summed E-state index contributed by atoms with van der Waals surface area (Å²) in [6.45, 7) is 4.31. The van der Waals surface area contributed by atoms with Gasteiger partial charge in [0.05, 0.1) is 12.8 Å². The Morgan fingerprint density at radius 2 is 2.00 bits per heavy atom. The van der Waals surface area contributed by atoms with Crippen molar-refractivity contribution in [3.63, 3.8) is 0 Å². The molecule has 0 bridgehead atoms. The van der Waals surface area contributed by atoms with E-state index in [2.05, 4.69) is 41.4 Å². The number of carbonyl (C=O) groups is 1. The van der Waals surface area contributed by atoms with Crippen LogP contribution in [0.1, 0.15) is 30.9 Å². The molecule has 0 atom stereocenters. The lowest BCUT2D eigenvalue weighted by Crippen LogP contribution is -2.09. The maximum atomic E-state index is 12.3. The number of methoxy groups -OCH3 is 1. The molecule has 30 heavy (non-hydrogen) atoms. The van der Waals surface area contributed by atoms with Crippen LogP contribution in [0.5, 0.6) is 5.75 Å². The lowest BCUT2D eigenvalue weighted by molar-refractivity contribution is -0.111. The molecule has 0 aliphatic heterocycles. The Morgan fingerprint density at radius 3 is 2.73 bits per heavy atom. The van der Waals surface area contributed by atoms with Crippen LogP contribution < -0.4 is 10.1 Å². The maximum absolute atomic E-state index is 12.3. The van der Waals surface area contributed by atoms with Crippen LogP contribution in [0.15, 0.2) is 60.0 Å². The van der Waals surface area contributed by atoms with Gasteiger partial charge < -0.3 is 4.74 Å². The first-order valence-corrected chi connectivity index (χ1v) is 10.5. The minimum Gasteiger partial charge on any atom is -0.497 e. The van der Waals surface area contributed by atoms with Crippen molar-refractivity contribution >= 4 is 34.2 Å². The van der Waals surface area contributed by atoms with E-state index < -0.39 is 0 Å². The molecule has 2 heterocycles. The van der Waals surface area contributed by atoms with Crippen LogP contribution in [0.4, 0.5) is 5.95 Å². The number of hydrogen-bond donors (Lipinski definition) is 1. The van der Waals surface area contributed by atoms with E-state index >= 15 is 0 Å². The Bertz CT molecular complexity index is 1210. The van der Waals surface area contributed by atoms with Gasteiger partial charge in [-0.1, -0.05) is 50.2 Å². The third-order valence-corrected chi connectivity index (χ3v) is 5.53. The molecule has 2 aromatic carbocycles. The van der Waals surface area contributed by atoms with Gasteiger partial charge in [-0.25, -0.2) is 4.52 Å². The van der Waals surface area contributed by atoms with Crippen molar-refractivity contribution in [2.75, 3.05) is 12.4 Å². The molecule has 7 heteroatoms. The van der Waals surface area contributed by atoms with E-state index in [9.17, 15) is 4.79 Å². The molecular formula is C23H22N4O2S. The second kappa shape index (κ2) is 8.51. The fraction of sp³-hybridized carbons (Fsp3) is 0.174. The fourth-order valence-corrected chi connectivity index (χ4v) is 3.86. The number of fused-ring (bicyclic) bond motifs is 1. The number of anilines is 1. The van der Waals surface area contributed by atoms with Crippen molar-refractivity contribution in [2.45, 2.75) is 19.8 Å². The van der Waals surface area contributed by atoms with Gasteiger partial charge in [-0.2, -0.15) is 4.98 Å². The van der Waals surface area contributed by atoms with Gasteiger partial charge in [0.2, 0.25) is 4.96 Å². The Kier molecular flexibility index (Phi) is 5.63. The molecule has 1 amide bonds. The molecule has 0 unspecified atom stereocenters. The van der Waals surface area contributed by atoms with E-state index in [-0.39, 0.29) is 11.9 Å². The largest absolute Gasteiger partial charge is 0.497 e. The maximum Gasteiger partial charge on any atom is 0.250 e. The first-order chi connectivity index (χ1) is 14.5. The molecule has 0 aliphatic rings. The molecule has 6 nitrogen and oxygen atoms in total. The van der Waals surface area contributed by atoms with E-state index in [1.807, 2.05) is 41.8 Å². The second-order valence-corrected chi connectivity index (χ2v) is 7.96. The third kappa shape index (κ3) is 4.26. The summed E-state index contributed by atoms with van der Waals surface area (Å²) in [6, 6.07) is 15.9. The molecule has 152 valence electrons. The first-order valence-electron chi connectivity index (χ1n) is 9.61. The second-order valence-electron chi connectivity index (χ2n) is 7.13. The van der Waals surface area contributed by atoms with Gasteiger partial charge in [0.25, 0.3) is 11.9 Å². The summed E-state index contributed by atoms with van der Waals surface area (Å²) in [5.74, 6) is 1.25. The van der Waals surface area contributed by atoms with E-state index in [1.165, 1.54) is 23.0 Å². The highest BCUT2D eigenvalue weighted by Gasteiger charge is 2.13. The van der Waals surface area contributed by atoms with Gasteiger partial charge in [-0.05, 0) is 35.3 Å². The summed E-state index contributed by atoms with van der Waals surface area (Å²) < 4.78 is 7.02. The van der Waals surface area contributed by atoms with Gasteiger partial charge in [-0.15, -0.1) is 16.4 Å². The van der Waals surface area contributed by atoms with Crippen LogP contribution in [0, 0.1) is 0 Å². The van der Waals surface area contributed by atoms with E-state index in [0.717, 1.165) is 22.6 Å². The molecule has 0 radical (unpaired) electrons. The van der Waals surface area contributed by atoms with E-state index in [1.54, 1.807) is 17.7 Å². The highest BCUT2D eigenvalue weighted by atomic mass is 32.1. The lowest BCUT2D eigenvalue weighted by Gasteiger charge is -2.04. The molecule has 0 aliphatic carbocycles. The zero-order valence-corrected chi connectivity index (χ0v) is 17.8. The first kappa shape index (κ1) is 19.8. The number of hydrogen-bond acceptors (Lipinski definition) is 5. The number of nitrogens with one attached hydrogen (secondary N) is 1. The van der Waals surface area contributed by atoms with Crippen LogP contribution in [0.25, 0.3) is 22.3 Å². The van der Waals surface area contributed by atoms with Crippen molar-refractivity contribution in [3.8, 4) is 17.0 Å². The Labute approximate surface area is 178 Å². The molecule has 0 spiro atoms. The van der Waals surface area contributed by atoms with Gasteiger partial charge in [-0.3, -0.25) is 10.1 Å². The zero-order valence-electron chi connectivity index (χ0n) is 17.0. The number of nitrogens with zero attached hydrogens (tertiary/aromatic N) is 3. The van der Waals surface area contributed by atoms with Gasteiger partial charge >= 0.3 is 0 Å². The molecule has 2 aromatic heterocycles. The van der Waals surface area contributed by atoms with Crippen molar-refractivity contribution in [2.24, 2.45) is 0 Å². The Morgan fingerprint density at radius 1 is 1.20 bits per heavy atom. The highest BCUT2D eigenvalue weighted by molar-refractivity contribution is 7.15. The molecule has 1 N–H and O–H groups in total. The summed E-state index contributed by atoms with van der Waals surface area (Å²) in [6.07, 6.45) is 3.27. The zero-order chi connectivity index (χ0) is 21.1. The van der Waals surface area contributed by atoms with E-state index in [0.29, 0.717) is 10.9 Å². The normalized spacial score (nSPS) is 11.5. The smallest absolute Gasteiger partial charge is 0.250 e. The van der Waals surface area contributed by atoms with Crippen molar-refractivity contribution in [3.05, 3.63) is 71.1 Å². The van der Waals surface area contributed by atoms with E-state index in [4.69, 9.17) is 4.74 Å². The summed E-state index contributed by atoms with van der Waals surface area (Å²) in [7, 11) is 1.64. The average molecular weight is 419 g/mol. The number of rotatable bonds is 6. The number of thiazole rings is 1. The SMILES string of the molecule is COc1cccc(-c2csc3nc(NC(=O)/C=C/c4ccc(C(C)C)cc4)nn23)c1. The minimum absolute atomic E-state index is 0.274. The number of ether oxygens (including phenoxy) is 1. The third-order valence-electron chi connectivity index (χ3n) is 4.71. The number of carbonyl (C=O) groups excluding carboxylic acids is 1. The van der Waals surface area contributed by atoms with Crippen LogP contribution in [0.3, 0.4) is 0 Å². The fourth-order valence-electron chi connectivity index (χ4n) is 3.03. The van der Waals surface area contributed by atoms with Crippen LogP contribution in [0.2, 0.25) is 0 Å². The number of benzene rings is 2. The topological polar surface area (TPSA) is 68.5 Å². The van der Waals surface area contributed by atoms with Gasteiger partial charge in [0.1, 0.15) is 5.75 Å². The predicted octanol–water partition coefficient (Wildman–Crippen LogP) is 5.24. The van der Waals surface area contributed by atoms with Crippen molar-refractivity contribution in [1.29, 1.82) is 0 Å². The van der Waals surface area contributed by atoms with Gasteiger partial charge in [0.15, 0.2) is 0 Å². The molecule has 4 rings (SSSR count). The highest BCUT2D eigenvalue weighted by Crippen LogP contribution is 2.28. The monoisotopic (exact) mass is 418 g/mol. The molecule has 4 aromatic rings. The molecule has 0 saturated carbocycles. The van der Waals surface area contributed by atoms with Crippen LogP contribution >= 0.6 is 11.3 Å². The van der Waals surface area contributed by atoms with Crippen LogP contribution in [-0.2, 0) is 4.79 Å². The van der Waals surface area contributed by atoms with Crippen molar-refractivity contribution < 1.29 is 9.53 Å². The summed E-state index contributed by atoms with van der Waals surface area (Å²) >= 11 is 1.46. The standard InChI is InChI=1S/C23H22N4O2S/c1-15(2)17-10-7-16(8-11-17)9-12-21(28)24-22-25-23-27(26-22)20(14-30-23)18-5-4-6-19(13-18)29-3/h4-15H,1-3H3,(H,24,26,28)/b12-9+.